The normalized spacial score (nSPS) is 11.9. The van der Waals surface area contributed by atoms with Gasteiger partial charge in [-0.25, -0.2) is 8.42 Å². The highest BCUT2D eigenvalue weighted by Crippen LogP contribution is 2.27. The molecule has 0 amide bonds. The number of sulfonamides is 1. The van der Waals surface area contributed by atoms with Crippen LogP contribution in [0, 0.1) is 13.8 Å². The summed E-state index contributed by atoms with van der Waals surface area (Å²) in [6, 6.07) is 3.48. The van der Waals surface area contributed by atoms with Crippen LogP contribution in [0.15, 0.2) is 17.0 Å². The molecule has 0 aliphatic rings. The summed E-state index contributed by atoms with van der Waals surface area (Å²) in [6.07, 6.45) is 0. The highest BCUT2D eigenvalue weighted by Gasteiger charge is 2.24. The molecule has 1 N–H and O–H groups in total. The molecular formula is C13H22N2O3S. The molecule has 0 unspecified atom stereocenters. The van der Waals surface area contributed by atoms with Crippen LogP contribution in [0.1, 0.15) is 11.1 Å². The molecule has 0 radical (unpaired) electrons. The number of rotatable bonds is 6. The van der Waals surface area contributed by atoms with E-state index in [1.165, 1.54) is 4.31 Å². The zero-order chi connectivity index (χ0) is 14.6. The van der Waals surface area contributed by atoms with Crippen LogP contribution in [0.4, 0.5) is 0 Å². The number of hydrogen-bond donors (Lipinski definition) is 1. The topological polar surface area (TPSA) is 58.6 Å². The first-order valence-electron chi connectivity index (χ1n) is 6.10. The van der Waals surface area contributed by atoms with Gasteiger partial charge in [-0.05, 0) is 44.2 Å². The molecule has 6 heteroatoms. The van der Waals surface area contributed by atoms with Crippen molar-refractivity contribution in [1.29, 1.82) is 0 Å². The van der Waals surface area contributed by atoms with Gasteiger partial charge in [-0.2, -0.15) is 4.31 Å². The van der Waals surface area contributed by atoms with E-state index in [2.05, 4.69) is 5.32 Å². The third-order valence-electron chi connectivity index (χ3n) is 3.01. The molecule has 0 spiro atoms. The summed E-state index contributed by atoms with van der Waals surface area (Å²) in [5, 5.41) is 2.94. The maximum atomic E-state index is 12.5. The smallest absolute Gasteiger partial charge is 0.243 e. The maximum Gasteiger partial charge on any atom is 0.243 e. The Morgan fingerprint density at radius 1 is 1.26 bits per heavy atom. The van der Waals surface area contributed by atoms with Gasteiger partial charge in [0.05, 0.1) is 12.0 Å². The number of likely N-dealkylation sites (N-methyl/N-ethyl adjacent to an activating group) is 2. The Morgan fingerprint density at radius 3 is 2.21 bits per heavy atom. The second-order valence-corrected chi connectivity index (χ2v) is 6.50. The largest absolute Gasteiger partial charge is 0.497 e. The minimum absolute atomic E-state index is 0.368. The first-order valence-corrected chi connectivity index (χ1v) is 7.54. The quantitative estimate of drug-likeness (QED) is 0.852. The van der Waals surface area contributed by atoms with E-state index < -0.39 is 10.0 Å². The Hall–Kier alpha value is -1.11. The molecule has 0 aliphatic heterocycles. The minimum Gasteiger partial charge on any atom is -0.497 e. The van der Waals surface area contributed by atoms with Gasteiger partial charge >= 0.3 is 0 Å². The summed E-state index contributed by atoms with van der Waals surface area (Å²) >= 11 is 0. The molecule has 0 bridgehead atoms. The molecule has 108 valence electrons. The second-order valence-electron chi connectivity index (χ2n) is 4.52. The van der Waals surface area contributed by atoms with Crippen molar-refractivity contribution in [2.24, 2.45) is 0 Å². The van der Waals surface area contributed by atoms with Crippen LogP contribution >= 0.6 is 0 Å². The van der Waals surface area contributed by atoms with Crippen LogP contribution in [0.25, 0.3) is 0 Å². The van der Waals surface area contributed by atoms with Gasteiger partial charge in [0.1, 0.15) is 5.75 Å². The van der Waals surface area contributed by atoms with Gasteiger partial charge in [0.15, 0.2) is 0 Å². The van der Waals surface area contributed by atoms with Crippen LogP contribution < -0.4 is 10.1 Å². The molecule has 19 heavy (non-hydrogen) atoms. The van der Waals surface area contributed by atoms with E-state index in [-0.39, 0.29) is 0 Å². The molecule has 5 nitrogen and oxygen atoms in total. The number of nitrogens with zero attached hydrogens (tertiary/aromatic N) is 1. The van der Waals surface area contributed by atoms with E-state index in [0.29, 0.717) is 34.9 Å². The third kappa shape index (κ3) is 3.46. The summed E-state index contributed by atoms with van der Waals surface area (Å²) in [5.74, 6) is 0.673. The maximum absolute atomic E-state index is 12.5. The number of methoxy groups -OCH3 is 1. The SMILES string of the molecule is CNCCN(C)S(=O)(=O)c1c(C)cc(OC)cc1C. The van der Waals surface area contributed by atoms with Gasteiger partial charge in [-0.15, -0.1) is 0 Å². The fourth-order valence-electron chi connectivity index (χ4n) is 1.98. The van der Waals surface area contributed by atoms with E-state index in [0.717, 1.165) is 0 Å². The monoisotopic (exact) mass is 286 g/mol. The summed E-state index contributed by atoms with van der Waals surface area (Å²) < 4.78 is 31.6. The van der Waals surface area contributed by atoms with Gasteiger partial charge in [0.2, 0.25) is 10.0 Å². The van der Waals surface area contributed by atoms with Crippen LogP contribution in [-0.4, -0.2) is 47.0 Å². The van der Waals surface area contributed by atoms with E-state index in [1.807, 2.05) is 0 Å². The number of aryl methyl sites for hydroxylation is 2. The van der Waals surface area contributed by atoms with Crippen molar-refractivity contribution >= 4 is 10.0 Å². The predicted molar refractivity (Wildman–Crippen MR) is 76.2 cm³/mol. The standard InChI is InChI=1S/C13H22N2O3S/c1-10-8-12(18-5)9-11(2)13(10)19(16,17)15(4)7-6-14-3/h8-9,14H,6-7H2,1-5H3. The molecule has 1 rings (SSSR count). The Bertz CT molecular complexity index is 518. The Kier molecular flexibility index (Phi) is 5.34. The minimum atomic E-state index is -3.46. The number of ether oxygens (including phenoxy) is 1. The molecule has 0 saturated carbocycles. The zero-order valence-electron chi connectivity index (χ0n) is 12.1. The van der Waals surface area contributed by atoms with Gasteiger partial charge in [-0.3, -0.25) is 0 Å². The first kappa shape index (κ1) is 15.9. The third-order valence-corrected chi connectivity index (χ3v) is 5.18. The van der Waals surface area contributed by atoms with Gasteiger partial charge in [-0.1, -0.05) is 0 Å². The lowest BCUT2D eigenvalue weighted by atomic mass is 10.1. The molecule has 1 aromatic carbocycles. The lowest BCUT2D eigenvalue weighted by Gasteiger charge is -2.20. The van der Waals surface area contributed by atoms with E-state index in [4.69, 9.17) is 4.74 Å². The van der Waals surface area contributed by atoms with Crippen molar-refractivity contribution in [2.45, 2.75) is 18.7 Å². The Balaban J connectivity index is 3.22. The molecule has 1 aromatic rings. The lowest BCUT2D eigenvalue weighted by Crippen LogP contribution is -2.33. The van der Waals surface area contributed by atoms with Gasteiger partial charge < -0.3 is 10.1 Å². The molecule has 0 fully saturated rings. The van der Waals surface area contributed by atoms with E-state index in [9.17, 15) is 8.42 Å². The molecule has 0 heterocycles. The second kappa shape index (κ2) is 6.36. The van der Waals surface area contributed by atoms with Crippen LogP contribution in [0.5, 0.6) is 5.75 Å². The Morgan fingerprint density at radius 2 is 1.79 bits per heavy atom. The van der Waals surface area contributed by atoms with Crippen LogP contribution in [-0.2, 0) is 10.0 Å². The number of benzene rings is 1. The van der Waals surface area contributed by atoms with E-state index in [1.54, 1.807) is 47.2 Å². The summed E-state index contributed by atoms with van der Waals surface area (Å²) in [6.45, 7) is 4.62. The Labute approximate surface area is 115 Å². The molecule has 0 saturated heterocycles. The summed E-state index contributed by atoms with van der Waals surface area (Å²) in [4.78, 5) is 0.368. The molecular weight excluding hydrogens is 264 g/mol. The lowest BCUT2D eigenvalue weighted by molar-refractivity contribution is 0.413. The van der Waals surface area contributed by atoms with Gasteiger partial charge in [0.25, 0.3) is 0 Å². The summed E-state index contributed by atoms with van der Waals surface area (Å²) in [7, 11) is 1.50. The fourth-order valence-corrected chi connectivity index (χ4v) is 3.56. The van der Waals surface area contributed by atoms with Crippen molar-refractivity contribution in [1.82, 2.24) is 9.62 Å². The van der Waals surface area contributed by atoms with Crippen LogP contribution in [0.3, 0.4) is 0 Å². The fraction of sp³-hybridized carbons (Fsp3) is 0.538. The molecule has 0 aromatic heterocycles. The number of hydrogen-bond acceptors (Lipinski definition) is 4. The highest BCUT2D eigenvalue weighted by molar-refractivity contribution is 7.89. The average molecular weight is 286 g/mol. The van der Waals surface area contributed by atoms with Crippen molar-refractivity contribution in [3.8, 4) is 5.75 Å². The molecule has 0 aliphatic carbocycles. The van der Waals surface area contributed by atoms with Crippen molar-refractivity contribution < 1.29 is 13.2 Å². The highest BCUT2D eigenvalue weighted by atomic mass is 32.2. The van der Waals surface area contributed by atoms with Crippen molar-refractivity contribution in [3.05, 3.63) is 23.3 Å². The van der Waals surface area contributed by atoms with Gasteiger partial charge in [0, 0.05) is 20.1 Å². The zero-order valence-corrected chi connectivity index (χ0v) is 13.0. The van der Waals surface area contributed by atoms with Crippen LogP contribution in [0.2, 0.25) is 0 Å². The van der Waals surface area contributed by atoms with E-state index >= 15 is 0 Å². The van der Waals surface area contributed by atoms with Crippen molar-refractivity contribution in [2.75, 3.05) is 34.3 Å². The summed E-state index contributed by atoms with van der Waals surface area (Å²) in [5.41, 5.74) is 1.40. The molecule has 0 atom stereocenters. The van der Waals surface area contributed by atoms with Crippen molar-refractivity contribution in [3.63, 3.8) is 0 Å². The predicted octanol–water partition coefficient (Wildman–Crippen LogP) is 1.15. The number of nitrogens with one attached hydrogen (secondary N) is 1. The average Bonchev–Trinajstić information content (AvgIpc) is 2.34. The first-order chi connectivity index (χ1) is 8.84.